The van der Waals surface area contributed by atoms with Crippen LogP contribution in [0.15, 0.2) is 0 Å². The number of ether oxygens (including phenoxy) is 4. The summed E-state index contributed by atoms with van der Waals surface area (Å²) in [7, 11) is -9.91. The van der Waals surface area contributed by atoms with Gasteiger partial charge < -0.3 is 33.8 Å². The first-order valence-corrected chi connectivity index (χ1v) is 42.5. The molecule has 0 fully saturated rings. The van der Waals surface area contributed by atoms with Gasteiger partial charge in [-0.3, -0.25) is 37.3 Å². The molecular weight excluding hydrogens is 1250 g/mol. The van der Waals surface area contributed by atoms with E-state index in [1.165, 1.54) is 212 Å². The van der Waals surface area contributed by atoms with Crippen LogP contribution in [0.4, 0.5) is 0 Å². The van der Waals surface area contributed by atoms with Crippen LogP contribution in [0.5, 0.6) is 0 Å². The molecule has 0 aromatic heterocycles. The summed E-state index contributed by atoms with van der Waals surface area (Å²) in [6.45, 7) is 9.60. The number of aliphatic hydroxyl groups excluding tert-OH is 1. The molecule has 0 spiro atoms. The predicted octanol–water partition coefficient (Wildman–Crippen LogP) is 22.3. The number of hydrogen-bond donors (Lipinski definition) is 3. The zero-order chi connectivity index (χ0) is 70.0. The van der Waals surface area contributed by atoms with Gasteiger partial charge in [0.15, 0.2) is 12.2 Å². The summed E-state index contributed by atoms with van der Waals surface area (Å²) in [6, 6.07) is 0. The van der Waals surface area contributed by atoms with E-state index in [0.29, 0.717) is 25.7 Å². The molecule has 5 atom stereocenters. The Bertz CT molecular complexity index is 1840. The minimum atomic E-state index is -4.96. The van der Waals surface area contributed by atoms with Crippen LogP contribution in [-0.4, -0.2) is 96.7 Å². The van der Waals surface area contributed by atoms with E-state index in [4.69, 9.17) is 37.0 Å². The summed E-state index contributed by atoms with van der Waals surface area (Å²) in [5.74, 6) is -0.576. The minimum absolute atomic E-state index is 0.106. The van der Waals surface area contributed by atoms with Gasteiger partial charge in [-0.05, 0) is 37.5 Å². The van der Waals surface area contributed by atoms with E-state index in [1.54, 1.807) is 0 Å². The molecule has 17 nitrogen and oxygen atoms in total. The van der Waals surface area contributed by atoms with Gasteiger partial charge >= 0.3 is 39.5 Å². The third-order valence-electron chi connectivity index (χ3n) is 17.7. The van der Waals surface area contributed by atoms with Crippen LogP contribution in [0.2, 0.25) is 0 Å². The number of unbranched alkanes of at least 4 members (excludes halogenated alkanes) is 45. The van der Waals surface area contributed by atoms with Crippen molar-refractivity contribution >= 4 is 39.5 Å². The molecule has 0 amide bonds. The lowest BCUT2D eigenvalue weighted by Gasteiger charge is -2.21. The Morgan fingerprint density at radius 2 is 0.484 bits per heavy atom. The number of carbonyl (C=O) groups is 4. The fourth-order valence-corrected chi connectivity index (χ4v) is 13.2. The Balaban J connectivity index is 5.25. The lowest BCUT2D eigenvalue weighted by Crippen LogP contribution is -2.30. The first kappa shape index (κ1) is 93.1. The number of hydrogen-bond acceptors (Lipinski definition) is 15. The maximum absolute atomic E-state index is 13.1. The van der Waals surface area contributed by atoms with Crippen molar-refractivity contribution in [3.8, 4) is 0 Å². The molecule has 0 aromatic rings. The summed E-state index contributed by atoms with van der Waals surface area (Å²) < 4.78 is 68.5. The molecule has 0 saturated carbocycles. The molecule has 0 rings (SSSR count). The molecule has 0 saturated heterocycles. The van der Waals surface area contributed by atoms with Crippen LogP contribution >= 0.6 is 15.6 Å². The average molecular weight is 1400 g/mol. The van der Waals surface area contributed by atoms with Crippen molar-refractivity contribution in [1.82, 2.24) is 0 Å². The highest BCUT2D eigenvalue weighted by Gasteiger charge is 2.30. The fraction of sp³-hybridized carbons (Fsp3) is 0.947. The second kappa shape index (κ2) is 67.9. The Hall–Kier alpha value is -1.94. The van der Waals surface area contributed by atoms with Crippen LogP contribution < -0.4 is 0 Å². The van der Waals surface area contributed by atoms with Crippen molar-refractivity contribution in [2.24, 2.45) is 11.8 Å². The van der Waals surface area contributed by atoms with Gasteiger partial charge in [0.1, 0.15) is 19.3 Å². The molecule has 0 heterocycles. The summed E-state index contributed by atoms with van der Waals surface area (Å²) in [6.07, 6.45) is 55.4. The zero-order valence-electron chi connectivity index (χ0n) is 62.0. The van der Waals surface area contributed by atoms with Crippen LogP contribution in [0.1, 0.15) is 395 Å². The second-order valence-electron chi connectivity index (χ2n) is 28.3. The van der Waals surface area contributed by atoms with E-state index >= 15 is 0 Å². The molecule has 564 valence electrons. The maximum Gasteiger partial charge on any atom is 0.472 e. The van der Waals surface area contributed by atoms with Crippen LogP contribution in [0.3, 0.4) is 0 Å². The third-order valence-corrected chi connectivity index (χ3v) is 19.6. The minimum Gasteiger partial charge on any atom is -0.462 e. The van der Waals surface area contributed by atoms with Crippen LogP contribution in [0.25, 0.3) is 0 Å². The fourth-order valence-electron chi connectivity index (χ4n) is 11.7. The van der Waals surface area contributed by atoms with Crippen molar-refractivity contribution in [1.29, 1.82) is 0 Å². The zero-order valence-corrected chi connectivity index (χ0v) is 63.8. The third kappa shape index (κ3) is 70.3. The monoisotopic (exact) mass is 1400 g/mol. The largest absolute Gasteiger partial charge is 0.472 e. The van der Waals surface area contributed by atoms with Crippen molar-refractivity contribution in [3.63, 3.8) is 0 Å². The van der Waals surface area contributed by atoms with E-state index in [2.05, 4.69) is 41.5 Å². The van der Waals surface area contributed by atoms with Gasteiger partial charge in [-0.1, -0.05) is 343 Å². The van der Waals surface area contributed by atoms with Gasteiger partial charge in [-0.25, -0.2) is 9.13 Å². The van der Waals surface area contributed by atoms with Crippen LogP contribution in [0, 0.1) is 11.8 Å². The molecule has 3 N–H and O–H groups in total. The van der Waals surface area contributed by atoms with Gasteiger partial charge in [0.25, 0.3) is 0 Å². The number of carbonyl (C=O) groups excluding carboxylic acids is 4. The highest BCUT2D eigenvalue weighted by Crippen LogP contribution is 2.45. The smallest absolute Gasteiger partial charge is 0.462 e. The number of esters is 4. The highest BCUT2D eigenvalue weighted by molar-refractivity contribution is 7.47. The first-order chi connectivity index (χ1) is 45.9. The highest BCUT2D eigenvalue weighted by atomic mass is 31.2. The number of phosphoric ester groups is 2. The lowest BCUT2D eigenvalue weighted by molar-refractivity contribution is -0.161. The molecule has 0 aliphatic carbocycles. The maximum atomic E-state index is 13.1. The standard InChI is InChI=1S/C76H148O17P2/c1-7-9-11-13-15-17-19-20-21-22-25-28-35-41-47-53-59-74(79)87-65-72(92-75(80)60-54-48-42-36-29-26-23-24-27-32-38-44-50-56-68(3)4)67-91-95(84,85)89-63-70(77)62-88-94(82,83)90-66-71(64-86-73(78)58-52-46-40-34-18-16-14-12-10-8-2)93-76(81)61-55-49-43-37-31-30-33-39-45-51-57-69(5)6/h68-72,77H,7-67H2,1-6H3,(H,82,83)(H,84,85)/t70-,71+,72+/m0/s1. The number of phosphoric acid groups is 2. The van der Waals surface area contributed by atoms with E-state index in [1.807, 2.05) is 0 Å². The van der Waals surface area contributed by atoms with Crippen molar-refractivity contribution < 1.29 is 80.2 Å². The molecule has 2 unspecified atom stereocenters. The van der Waals surface area contributed by atoms with Gasteiger partial charge in [0.05, 0.1) is 26.4 Å². The second-order valence-corrected chi connectivity index (χ2v) is 31.3. The molecule has 19 heteroatoms. The molecular formula is C76H148O17P2. The average Bonchev–Trinajstić information content (AvgIpc) is 1.26. The molecule has 0 aromatic carbocycles. The summed E-state index contributed by atoms with van der Waals surface area (Å²) in [5.41, 5.74) is 0. The number of rotatable bonds is 75. The Labute approximate surface area is 581 Å². The van der Waals surface area contributed by atoms with Gasteiger partial charge in [0, 0.05) is 25.7 Å². The molecule has 0 aliphatic heterocycles. The topological polar surface area (TPSA) is 237 Å². The quantitative estimate of drug-likeness (QED) is 0.0222. The number of aliphatic hydroxyl groups is 1. The first-order valence-electron chi connectivity index (χ1n) is 39.5. The van der Waals surface area contributed by atoms with Crippen molar-refractivity contribution in [2.75, 3.05) is 39.6 Å². The summed E-state index contributed by atoms with van der Waals surface area (Å²) in [5, 5.41) is 10.6. The normalized spacial score (nSPS) is 14.0. The van der Waals surface area contributed by atoms with E-state index in [0.717, 1.165) is 102 Å². The Kier molecular flexibility index (Phi) is 66.5. The molecule has 0 radical (unpaired) electrons. The van der Waals surface area contributed by atoms with E-state index in [9.17, 15) is 43.2 Å². The lowest BCUT2D eigenvalue weighted by atomic mass is 10.0. The predicted molar refractivity (Wildman–Crippen MR) is 386 cm³/mol. The van der Waals surface area contributed by atoms with Crippen LogP contribution in [-0.2, 0) is 65.4 Å². The summed E-state index contributed by atoms with van der Waals surface area (Å²) >= 11 is 0. The Morgan fingerprint density at radius 3 is 0.716 bits per heavy atom. The van der Waals surface area contributed by atoms with E-state index < -0.39 is 97.5 Å². The van der Waals surface area contributed by atoms with Crippen molar-refractivity contribution in [2.45, 2.75) is 413 Å². The molecule has 95 heavy (non-hydrogen) atoms. The van der Waals surface area contributed by atoms with Gasteiger partial charge in [-0.2, -0.15) is 0 Å². The SMILES string of the molecule is CCCCCCCCCCCCCCCCCCC(=O)OC[C@H](COP(=O)(O)OC[C@@H](O)COP(=O)(O)OC[C@@H](COC(=O)CCCCCCCCCCCC)OC(=O)CCCCCCCCCCCCC(C)C)OC(=O)CCCCCCCCCCCCCCCC(C)C. The molecule has 0 aliphatic rings. The van der Waals surface area contributed by atoms with E-state index in [-0.39, 0.29) is 25.7 Å². The Morgan fingerprint density at radius 1 is 0.284 bits per heavy atom. The van der Waals surface area contributed by atoms with Gasteiger partial charge in [0.2, 0.25) is 0 Å². The summed E-state index contributed by atoms with van der Waals surface area (Å²) in [4.78, 5) is 72.8. The van der Waals surface area contributed by atoms with Gasteiger partial charge in [-0.15, -0.1) is 0 Å². The molecule has 0 bridgehead atoms. The van der Waals surface area contributed by atoms with Crippen molar-refractivity contribution in [3.05, 3.63) is 0 Å².